The van der Waals surface area contributed by atoms with Crippen molar-refractivity contribution in [2.75, 3.05) is 39.6 Å². The van der Waals surface area contributed by atoms with E-state index in [-0.39, 0.29) is 41.8 Å². The molecule has 10 heteroatoms. The fourth-order valence-electron chi connectivity index (χ4n) is 2.42. The summed E-state index contributed by atoms with van der Waals surface area (Å²) in [5.41, 5.74) is -0.277. The molecule has 0 N–H and O–H groups in total. The summed E-state index contributed by atoms with van der Waals surface area (Å²) in [6.07, 6.45) is 0. The van der Waals surface area contributed by atoms with Crippen LogP contribution in [-0.4, -0.2) is 53.2 Å². The third kappa shape index (κ3) is 3.85. The van der Waals surface area contributed by atoms with Crippen molar-refractivity contribution in [3.05, 3.63) is 29.5 Å². The number of esters is 2. The number of carbonyl (C=O) groups is 2. The van der Waals surface area contributed by atoms with Gasteiger partial charge < -0.3 is 28.6 Å². The number of rotatable bonds is 6. The van der Waals surface area contributed by atoms with Crippen LogP contribution in [0.25, 0.3) is 0 Å². The van der Waals surface area contributed by atoms with Crippen molar-refractivity contribution in [2.24, 2.45) is 0 Å². The second-order valence-corrected chi connectivity index (χ2v) is 4.90. The minimum absolute atomic E-state index is 0.0113. The number of alkyl halides is 2. The van der Waals surface area contributed by atoms with Gasteiger partial charge in [-0.3, -0.25) is 0 Å². The van der Waals surface area contributed by atoms with E-state index < -0.39 is 18.6 Å². The topological polar surface area (TPSA) is 83.5 Å². The Morgan fingerprint density at radius 3 is 2.42 bits per heavy atom. The van der Waals surface area contributed by atoms with Crippen LogP contribution in [0.5, 0.6) is 11.5 Å². The van der Waals surface area contributed by atoms with Gasteiger partial charge >= 0.3 is 18.6 Å². The second-order valence-electron chi connectivity index (χ2n) is 4.90. The zero-order chi connectivity index (χ0) is 19.3. The Morgan fingerprint density at radius 1 is 1.15 bits per heavy atom. The molecule has 0 unspecified atom stereocenters. The first-order valence-electron chi connectivity index (χ1n) is 7.31. The van der Waals surface area contributed by atoms with E-state index in [9.17, 15) is 18.4 Å². The van der Waals surface area contributed by atoms with Crippen molar-refractivity contribution in [3.8, 4) is 11.5 Å². The third-order valence-corrected chi connectivity index (χ3v) is 3.51. The van der Waals surface area contributed by atoms with E-state index in [1.807, 2.05) is 0 Å². The standard InChI is InChI=1S/C16H17F2NO7/c1-22-11-6-4-5-10(13(11)26-16(17)18)19-8-25-7-9(14(20)23-2)12(19)15(21)24-3/h4-6,16H,7-8H2,1-3H3. The normalized spacial score (nSPS) is 14.3. The fourth-order valence-corrected chi connectivity index (χ4v) is 2.42. The Bertz CT molecular complexity index is 721. The number of nitrogens with zero attached hydrogens (tertiary/aromatic N) is 1. The highest BCUT2D eigenvalue weighted by molar-refractivity contribution is 6.03. The van der Waals surface area contributed by atoms with Crippen molar-refractivity contribution in [1.82, 2.24) is 0 Å². The van der Waals surface area contributed by atoms with Crippen molar-refractivity contribution < 1.29 is 42.1 Å². The highest BCUT2D eigenvalue weighted by Gasteiger charge is 2.34. The van der Waals surface area contributed by atoms with Crippen LogP contribution in [0.2, 0.25) is 0 Å². The number of hydrogen-bond donors (Lipinski definition) is 0. The maximum atomic E-state index is 12.9. The van der Waals surface area contributed by atoms with Crippen LogP contribution in [0.3, 0.4) is 0 Å². The first kappa shape index (κ1) is 19.4. The molecule has 2 rings (SSSR count). The van der Waals surface area contributed by atoms with Crippen LogP contribution < -0.4 is 14.4 Å². The Morgan fingerprint density at radius 2 is 1.85 bits per heavy atom. The zero-order valence-electron chi connectivity index (χ0n) is 14.3. The molecule has 0 atom stereocenters. The largest absolute Gasteiger partial charge is 0.493 e. The number of ether oxygens (including phenoxy) is 5. The van der Waals surface area contributed by atoms with E-state index in [1.54, 1.807) is 0 Å². The molecule has 1 aliphatic heterocycles. The molecular weight excluding hydrogens is 356 g/mol. The van der Waals surface area contributed by atoms with Gasteiger partial charge in [0.2, 0.25) is 0 Å². The molecule has 0 spiro atoms. The average Bonchev–Trinajstić information content (AvgIpc) is 2.65. The average molecular weight is 373 g/mol. The summed E-state index contributed by atoms with van der Waals surface area (Å²) in [7, 11) is 3.54. The summed E-state index contributed by atoms with van der Waals surface area (Å²) in [4.78, 5) is 25.4. The van der Waals surface area contributed by atoms with Crippen LogP contribution in [0, 0.1) is 0 Å². The lowest BCUT2D eigenvalue weighted by Crippen LogP contribution is -2.39. The molecule has 0 amide bonds. The number of anilines is 1. The van der Waals surface area contributed by atoms with Crippen molar-refractivity contribution in [3.63, 3.8) is 0 Å². The van der Waals surface area contributed by atoms with Crippen LogP contribution >= 0.6 is 0 Å². The van der Waals surface area contributed by atoms with Gasteiger partial charge in [0.05, 0.1) is 39.2 Å². The predicted octanol–water partition coefficient (Wildman–Crippen LogP) is 1.69. The van der Waals surface area contributed by atoms with Crippen molar-refractivity contribution in [2.45, 2.75) is 6.61 Å². The molecule has 0 saturated carbocycles. The van der Waals surface area contributed by atoms with Crippen LogP contribution in [0.4, 0.5) is 14.5 Å². The van der Waals surface area contributed by atoms with Gasteiger partial charge in [0.15, 0.2) is 11.5 Å². The van der Waals surface area contributed by atoms with E-state index in [2.05, 4.69) is 9.47 Å². The third-order valence-electron chi connectivity index (χ3n) is 3.51. The smallest absolute Gasteiger partial charge is 0.387 e. The summed E-state index contributed by atoms with van der Waals surface area (Å²) >= 11 is 0. The summed E-state index contributed by atoms with van der Waals surface area (Å²) in [5, 5.41) is 0. The highest BCUT2D eigenvalue weighted by atomic mass is 19.3. The molecule has 0 aliphatic carbocycles. The molecule has 1 heterocycles. The molecule has 142 valence electrons. The van der Waals surface area contributed by atoms with Gasteiger partial charge in [-0.25, -0.2) is 9.59 Å². The molecule has 1 aromatic rings. The quantitative estimate of drug-likeness (QED) is 0.697. The molecular formula is C16H17F2NO7. The number of benzene rings is 1. The Hall–Kier alpha value is -2.88. The van der Waals surface area contributed by atoms with Crippen LogP contribution in [0.15, 0.2) is 29.5 Å². The Balaban J connectivity index is 2.65. The molecule has 0 radical (unpaired) electrons. The number of hydrogen-bond acceptors (Lipinski definition) is 8. The van der Waals surface area contributed by atoms with Crippen LogP contribution in [-0.2, 0) is 23.8 Å². The van der Waals surface area contributed by atoms with Gasteiger partial charge in [0.1, 0.15) is 12.4 Å². The lowest BCUT2D eigenvalue weighted by molar-refractivity contribution is -0.140. The molecule has 26 heavy (non-hydrogen) atoms. The van der Waals surface area contributed by atoms with Gasteiger partial charge in [-0.2, -0.15) is 8.78 Å². The lowest BCUT2D eigenvalue weighted by Gasteiger charge is -2.32. The maximum absolute atomic E-state index is 12.9. The molecule has 0 fully saturated rings. The van der Waals surface area contributed by atoms with Gasteiger partial charge in [-0.05, 0) is 12.1 Å². The Kier molecular flexibility index (Phi) is 6.34. The first-order valence-corrected chi connectivity index (χ1v) is 7.31. The fraction of sp³-hybridized carbons (Fsp3) is 0.375. The minimum atomic E-state index is -3.14. The number of methoxy groups -OCH3 is 3. The molecule has 0 aromatic heterocycles. The minimum Gasteiger partial charge on any atom is -0.493 e. The van der Waals surface area contributed by atoms with Gasteiger partial charge in [-0.15, -0.1) is 0 Å². The molecule has 1 aromatic carbocycles. The van der Waals surface area contributed by atoms with E-state index >= 15 is 0 Å². The molecule has 8 nitrogen and oxygen atoms in total. The van der Waals surface area contributed by atoms with Crippen molar-refractivity contribution in [1.29, 1.82) is 0 Å². The summed E-state index contributed by atoms with van der Waals surface area (Å²) in [5.74, 6) is -1.98. The van der Waals surface area contributed by atoms with Crippen molar-refractivity contribution >= 4 is 17.6 Å². The van der Waals surface area contributed by atoms with Gasteiger partial charge in [0.25, 0.3) is 0 Å². The SMILES string of the molecule is COC(=O)C1=C(C(=O)OC)N(c2cccc(OC)c2OC(F)F)COC1. The summed E-state index contributed by atoms with van der Waals surface area (Å²) in [6.45, 7) is -3.55. The van der Waals surface area contributed by atoms with E-state index in [1.165, 1.54) is 30.2 Å². The van der Waals surface area contributed by atoms with E-state index in [0.29, 0.717) is 0 Å². The lowest BCUT2D eigenvalue weighted by atomic mass is 10.1. The Labute approximate surface area is 147 Å². The number of para-hydroxylation sites is 1. The summed E-state index contributed by atoms with van der Waals surface area (Å²) in [6, 6.07) is 4.33. The van der Waals surface area contributed by atoms with Crippen LogP contribution in [0.1, 0.15) is 0 Å². The first-order chi connectivity index (χ1) is 12.4. The number of halogens is 2. The maximum Gasteiger partial charge on any atom is 0.387 e. The molecule has 1 aliphatic rings. The second kappa shape index (κ2) is 8.48. The predicted molar refractivity (Wildman–Crippen MR) is 84.0 cm³/mol. The van der Waals surface area contributed by atoms with Gasteiger partial charge in [-0.1, -0.05) is 6.07 Å². The monoisotopic (exact) mass is 373 g/mol. The molecule has 0 bridgehead atoms. The summed E-state index contributed by atoms with van der Waals surface area (Å²) < 4.78 is 50.0. The van der Waals surface area contributed by atoms with Gasteiger partial charge in [0, 0.05) is 0 Å². The number of carbonyl (C=O) groups excluding carboxylic acids is 2. The molecule has 0 saturated heterocycles. The van der Waals surface area contributed by atoms with E-state index in [0.717, 1.165) is 14.2 Å². The zero-order valence-corrected chi connectivity index (χ0v) is 14.3. The van der Waals surface area contributed by atoms with E-state index in [4.69, 9.17) is 14.2 Å². The highest BCUT2D eigenvalue weighted by Crippen LogP contribution is 2.41.